The molecule has 2 heterocycles. The minimum atomic E-state index is -0.979. The molecule has 0 saturated heterocycles. The summed E-state index contributed by atoms with van der Waals surface area (Å²) in [4.78, 5) is 30.6. The lowest BCUT2D eigenvalue weighted by atomic mass is 10.0. The highest BCUT2D eigenvalue weighted by Crippen LogP contribution is 2.14. The zero-order valence-corrected chi connectivity index (χ0v) is 13.2. The second-order valence-electron chi connectivity index (χ2n) is 5.46. The second kappa shape index (κ2) is 6.54. The molecule has 3 N–H and O–H groups in total. The Hall–Kier alpha value is -3.15. The number of aromatic carboxylic acids is 1. The first-order chi connectivity index (χ1) is 11.6. The van der Waals surface area contributed by atoms with Crippen molar-refractivity contribution >= 4 is 22.9 Å². The molecule has 0 saturated carbocycles. The van der Waals surface area contributed by atoms with E-state index in [2.05, 4.69) is 15.3 Å². The molecule has 2 aromatic heterocycles. The third-order valence-electron chi connectivity index (χ3n) is 3.94. The summed E-state index contributed by atoms with van der Waals surface area (Å²) in [5, 5.41) is 12.8. The summed E-state index contributed by atoms with van der Waals surface area (Å²) in [6.45, 7) is 2.26. The smallest absolute Gasteiger partial charge is 0.335 e. The van der Waals surface area contributed by atoms with Gasteiger partial charge < -0.3 is 15.4 Å². The Kier molecular flexibility index (Phi) is 4.29. The monoisotopic (exact) mass is 323 g/mol. The number of carbonyl (C=O) groups excluding carboxylic acids is 1. The zero-order valence-electron chi connectivity index (χ0n) is 13.2. The quantitative estimate of drug-likeness (QED) is 0.673. The number of pyridine rings is 1. The van der Waals surface area contributed by atoms with Crippen LogP contribution in [0.4, 0.5) is 0 Å². The maximum Gasteiger partial charge on any atom is 0.335 e. The summed E-state index contributed by atoms with van der Waals surface area (Å²) in [6.07, 6.45) is 4.05. The Balaban J connectivity index is 1.78. The number of hydrogen-bond acceptors (Lipinski definition) is 3. The van der Waals surface area contributed by atoms with E-state index in [4.69, 9.17) is 5.11 Å². The van der Waals surface area contributed by atoms with Crippen LogP contribution in [0, 0.1) is 0 Å². The first-order valence-electron chi connectivity index (χ1n) is 7.65. The van der Waals surface area contributed by atoms with E-state index < -0.39 is 5.97 Å². The number of fused-ring (bicyclic) bond motifs is 1. The number of carboxylic acid groups (broad SMARTS) is 1. The molecule has 0 bridgehead atoms. The van der Waals surface area contributed by atoms with Gasteiger partial charge in [-0.2, -0.15) is 0 Å². The van der Waals surface area contributed by atoms with Crippen molar-refractivity contribution in [1.29, 1.82) is 0 Å². The maximum atomic E-state index is 12.3. The van der Waals surface area contributed by atoms with Gasteiger partial charge in [0.2, 0.25) is 0 Å². The van der Waals surface area contributed by atoms with Gasteiger partial charge in [-0.05, 0) is 41.8 Å². The molecular formula is C18H17N3O3. The third-order valence-corrected chi connectivity index (χ3v) is 3.94. The van der Waals surface area contributed by atoms with Gasteiger partial charge in [0.25, 0.3) is 5.91 Å². The van der Waals surface area contributed by atoms with Gasteiger partial charge in [0.15, 0.2) is 0 Å². The standard InChI is InChI=1S/C18H17N3O3/c1-2-11-3-4-13(18(23)24)8-14(11)9-21-17(22)15-7-12-5-6-19-16(12)20-10-15/h3-8,10H,2,9H2,1H3,(H,19,20)(H,21,22)(H,23,24). The summed E-state index contributed by atoms with van der Waals surface area (Å²) in [6, 6.07) is 8.59. The topological polar surface area (TPSA) is 95.1 Å². The number of nitrogens with zero attached hydrogens (tertiary/aromatic N) is 1. The number of hydrogen-bond donors (Lipinski definition) is 3. The van der Waals surface area contributed by atoms with Gasteiger partial charge in [-0.15, -0.1) is 0 Å². The Morgan fingerprint density at radius 1 is 1.17 bits per heavy atom. The van der Waals surface area contributed by atoms with Crippen LogP contribution >= 0.6 is 0 Å². The molecule has 0 spiro atoms. The molecule has 0 unspecified atom stereocenters. The highest BCUT2D eigenvalue weighted by molar-refractivity contribution is 5.96. The van der Waals surface area contributed by atoms with Gasteiger partial charge in [-0.25, -0.2) is 9.78 Å². The van der Waals surface area contributed by atoms with Crippen molar-refractivity contribution in [1.82, 2.24) is 15.3 Å². The first kappa shape index (κ1) is 15.7. The fraction of sp³-hybridized carbons (Fsp3) is 0.167. The fourth-order valence-corrected chi connectivity index (χ4v) is 2.61. The van der Waals surface area contributed by atoms with E-state index in [0.717, 1.165) is 28.6 Å². The molecule has 6 nitrogen and oxygen atoms in total. The molecule has 0 atom stereocenters. The van der Waals surface area contributed by atoms with Crippen molar-refractivity contribution < 1.29 is 14.7 Å². The molecule has 0 fully saturated rings. The second-order valence-corrected chi connectivity index (χ2v) is 5.46. The molecule has 1 aromatic carbocycles. The molecular weight excluding hydrogens is 306 g/mol. The predicted molar refractivity (Wildman–Crippen MR) is 90.0 cm³/mol. The van der Waals surface area contributed by atoms with E-state index in [1.54, 1.807) is 30.5 Å². The highest BCUT2D eigenvalue weighted by atomic mass is 16.4. The molecule has 0 aliphatic rings. The zero-order chi connectivity index (χ0) is 17.1. The number of benzene rings is 1. The van der Waals surface area contributed by atoms with E-state index in [-0.39, 0.29) is 18.0 Å². The Bertz CT molecular complexity index is 915. The van der Waals surface area contributed by atoms with Crippen LogP contribution in [0.15, 0.2) is 42.7 Å². The van der Waals surface area contributed by atoms with Gasteiger partial charge in [0, 0.05) is 24.3 Å². The van der Waals surface area contributed by atoms with Crippen molar-refractivity contribution in [2.24, 2.45) is 0 Å². The van der Waals surface area contributed by atoms with E-state index in [1.165, 1.54) is 6.20 Å². The van der Waals surface area contributed by atoms with Crippen LogP contribution in [0.1, 0.15) is 38.8 Å². The van der Waals surface area contributed by atoms with Gasteiger partial charge in [-0.3, -0.25) is 4.79 Å². The Morgan fingerprint density at radius 2 is 2.00 bits per heavy atom. The van der Waals surface area contributed by atoms with Crippen LogP contribution in [-0.4, -0.2) is 27.0 Å². The summed E-state index contributed by atoms with van der Waals surface area (Å²) >= 11 is 0. The number of carboxylic acids is 1. The molecule has 0 aliphatic carbocycles. The van der Waals surface area contributed by atoms with Crippen molar-refractivity contribution in [3.63, 3.8) is 0 Å². The number of carbonyl (C=O) groups is 2. The highest BCUT2D eigenvalue weighted by Gasteiger charge is 2.11. The fourth-order valence-electron chi connectivity index (χ4n) is 2.61. The van der Waals surface area contributed by atoms with Crippen LogP contribution in [-0.2, 0) is 13.0 Å². The minimum Gasteiger partial charge on any atom is -0.478 e. The third kappa shape index (κ3) is 3.12. The van der Waals surface area contributed by atoms with Crippen LogP contribution in [0.25, 0.3) is 11.0 Å². The first-order valence-corrected chi connectivity index (χ1v) is 7.65. The number of aromatic nitrogens is 2. The van der Waals surface area contributed by atoms with Gasteiger partial charge in [0.05, 0.1) is 11.1 Å². The number of rotatable bonds is 5. The van der Waals surface area contributed by atoms with Crippen LogP contribution in [0.5, 0.6) is 0 Å². The lowest BCUT2D eigenvalue weighted by Crippen LogP contribution is -2.23. The number of aryl methyl sites for hydroxylation is 1. The average molecular weight is 323 g/mol. The molecule has 3 rings (SSSR count). The van der Waals surface area contributed by atoms with E-state index >= 15 is 0 Å². The summed E-state index contributed by atoms with van der Waals surface area (Å²) < 4.78 is 0. The van der Waals surface area contributed by atoms with Crippen LogP contribution in [0.2, 0.25) is 0 Å². The average Bonchev–Trinajstić information content (AvgIpc) is 3.06. The summed E-state index contributed by atoms with van der Waals surface area (Å²) in [5.41, 5.74) is 3.23. The number of nitrogens with one attached hydrogen (secondary N) is 2. The molecule has 6 heteroatoms. The largest absolute Gasteiger partial charge is 0.478 e. The Labute approximate surface area is 138 Å². The molecule has 24 heavy (non-hydrogen) atoms. The SMILES string of the molecule is CCc1ccc(C(=O)O)cc1CNC(=O)c1cnc2[nH]ccc2c1. The predicted octanol–water partition coefficient (Wildman–Crippen LogP) is 2.75. The van der Waals surface area contributed by atoms with Gasteiger partial charge in [-0.1, -0.05) is 13.0 Å². The van der Waals surface area contributed by atoms with Gasteiger partial charge in [0.1, 0.15) is 5.65 Å². The number of H-pyrrole nitrogens is 1. The molecule has 0 aliphatic heterocycles. The molecule has 1 amide bonds. The Morgan fingerprint density at radius 3 is 2.75 bits per heavy atom. The molecule has 0 radical (unpaired) electrons. The number of amides is 1. The summed E-state index contributed by atoms with van der Waals surface area (Å²) in [5.74, 6) is -1.22. The van der Waals surface area contributed by atoms with Crippen molar-refractivity contribution in [3.05, 3.63) is 65.0 Å². The summed E-state index contributed by atoms with van der Waals surface area (Å²) in [7, 11) is 0. The van der Waals surface area contributed by atoms with E-state index in [1.807, 2.05) is 13.0 Å². The molecule has 122 valence electrons. The van der Waals surface area contributed by atoms with Crippen LogP contribution < -0.4 is 5.32 Å². The molecule has 3 aromatic rings. The lowest BCUT2D eigenvalue weighted by molar-refractivity contribution is 0.0696. The lowest BCUT2D eigenvalue weighted by Gasteiger charge is -2.10. The van der Waals surface area contributed by atoms with Crippen molar-refractivity contribution in [2.75, 3.05) is 0 Å². The normalized spacial score (nSPS) is 10.7. The maximum absolute atomic E-state index is 12.3. The van der Waals surface area contributed by atoms with Crippen molar-refractivity contribution in [3.8, 4) is 0 Å². The number of aromatic amines is 1. The van der Waals surface area contributed by atoms with Gasteiger partial charge >= 0.3 is 5.97 Å². The van der Waals surface area contributed by atoms with Crippen LogP contribution in [0.3, 0.4) is 0 Å². The minimum absolute atomic E-state index is 0.215. The van der Waals surface area contributed by atoms with E-state index in [9.17, 15) is 9.59 Å². The van der Waals surface area contributed by atoms with E-state index in [0.29, 0.717) is 5.56 Å². The van der Waals surface area contributed by atoms with Crippen molar-refractivity contribution in [2.45, 2.75) is 19.9 Å².